The van der Waals surface area contributed by atoms with Crippen molar-refractivity contribution >= 4 is 11.6 Å². The van der Waals surface area contributed by atoms with Gasteiger partial charge in [-0.3, -0.25) is 19.4 Å². The first-order valence-electron chi connectivity index (χ1n) is 13.2. The number of pyridine rings is 1. The first-order chi connectivity index (χ1) is 18.0. The molecule has 1 fully saturated rings. The molecule has 9 heteroatoms. The van der Waals surface area contributed by atoms with E-state index in [1.807, 2.05) is 29.6 Å². The summed E-state index contributed by atoms with van der Waals surface area (Å²) in [7, 11) is 1.96. The van der Waals surface area contributed by atoms with Crippen LogP contribution in [0.4, 0.5) is 14.5 Å². The molecule has 5 rings (SSSR count). The Balaban J connectivity index is 1.37. The van der Waals surface area contributed by atoms with Gasteiger partial charge in [0.25, 0.3) is 0 Å². The number of piperazine rings is 1. The van der Waals surface area contributed by atoms with E-state index in [-0.39, 0.29) is 29.8 Å². The zero-order valence-corrected chi connectivity index (χ0v) is 22.8. The number of halogens is 2. The lowest BCUT2D eigenvalue weighted by Gasteiger charge is -2.39. The van der Waals surface area contributed by atoms with Crippen LogP contribution in [0.3, 0.4) is 0 Å². The van der Waals surface area contributed by atoms with Crippen molar-refractivity contribution in [1.29, 1.82) is 0 Å². The van der Waals surface area contributed by atoms with E-state index in [1.54, 1.807) is 6.20 Å². The molecule has 0 saturated carbocycles. The Hall–Kier alpha value is -3.17. The second-order valence-electron chi connectivity index (χ2n) is 11.5. The predicted molar refractivity (Wildman–Crippen MR) is 143 cm³/mol. The number of amides is 1. The van der Waals surface area contributed by atoms with E-state index in [9.17, 15) is 13.6 Å². The fraction of sp³-hybridized carbons (Fsp3) is 0.483. The molecular formula is C29H36F2N6O. The summed E-state index contributed by atoms with van der Waals surface area (Å²) in [4.78, 5) is 22.6. The summed E-state index contributed by atoms with van der Waals surface area (Å²) >= 11 is 0. The number of nitrogens with one attached hydrogen (secondary N) is 1. The van der Waals surface area contributed by atoms with Crippen molar-refractivity contribution in [2.24, 2.45) is 7.05 Å². The Labute approximate surface area is 222 Å². The van der Waals surface area contributed by atoms with Gasteiger partial charge in [-0.15, -0.1) is 0 Å². The largest absolute Gasteiger partial charge is 0.311 e. The molecular weight excluding hydrogens is 486 g/mol. The Morgan fingerprint density at radius 3 is 2.71 bits per heavy atom. The highest BCUT2D eigenvalue weighted by molar-refractivity contribution is 5.97. The number of nitrogens with zero attached hydrogens (tertiary/aromatic N) is 5. The average molecular weight is 523 g/mol. The number of aromatic nitrogens is 3. The zero-order chi connectivity index (χ0) is 27.2. The molecule has 7 nitrogen and oxygen atoms in total. The van der Waals surface area contributed by atoms with Gasteiger partial charge in [0, 0.05) is 75.0 Å². The van der Waals surface area contributed by atoms with E-state index in [0.29, 0.717) is 18.7 Å². The predicted octanol–water partition coefficient (Wildman–Crippen LogP) is 3.52. The summed E-state index contributed by atoms with van der Waals surface area (Å²) in [5, 5.41) is 8.04. The van der Waals surface area contributed by atoms with Gasteiger partial charge in [0.2, 0.25) is 5.91 Å². The third kappa shape index (κ3) is 5.35. The van der Waals surface area contributed by atoms with Crippen molar-refractivity contribution in [3.05, 3.63) is 76.4 Å². The van der Waals surface area contributed by atoms with E-state index >= 15 is 0 Å². The first-order valence-corrected chi connectivity index (χ1v) is 13.2. The summed E-state index contributed by atoms with van der Waals surface area (Å²) < 4.78 is 29.6. The molecule has 0 aliphatic carbocycles. The van der Waals surface area contributed by atoms with Gasteiger partial charge in [0.05, 0.1) is 23.6 Å². The Morgan fingerprint density at radius 2 is 2.00 bits per heavy atom. The second kappa shape index (κ2) is 10.2. The maximum absolute atomic E-state index is 14.3. The van der Waals surface area contributed by atoms with Crippen LogP contribution in [0.2, 0.25) is 0 Å². The van der Waals surface area contributed by atoms with Crippen LogP contribution < -0.4 is 10.2 Å². The molecule has 0 unspecified atom stereocenters. The van der Waals surface area contributed by atoms with E-state index in [2.05, 4.69) is 42.2 Å². The highest BCUT2D eigenvalue weighted by atomic mass is 19.1. The van der Waals surface area contributed by atoms with Crippen LogP contribution in [-0.4, -0.2) is 63.8 Å². The number of carbonyl (C=O) groups is 1. The average Bonchev–Trinajstić information content (AvgIpc) is 3.31. The van der Waals surface area contributed by atoms with E-state index in [1.165, 1.54) is 12.1 Å². The van der Waals surface area contributed by atoms with Gasteiger partial charge in [-0.1, -0.05) is 19.9 Å². The lowest BCUT2D eigenvalue weighted by molar-refractivity contribution is -0.120. The molecule has 1 N–H and O–H groups in total. The van der Waals surface area contributed by atoms with Crippen LogP contribution in [0.5, 0.6) is 0 Å². The Kier molecular flexibility index (Phi) is 7.09. The van der Waals surface area contributed by atoms with Gasteiger partial charge in [-0.25, -0.2) is 8.78 Å². The van der Waals surface area contributed by atoms with E-state index in [0.717, 1.165) is 53.9 Å². The summed E-state index contributed by atoms with van der Waals surface area (Å²) in [5.74, 6) is -1.15. The van der Waals surface area contributed by atoms with Crippen molar-refractivity contribution in [2.75, 3.05) is 31.1 Å². The number of hydrogen-bond donors (Lipinski definition) is 1. The molecule has 38 heavy (non-hydrogen) atoms. The Morgan fingerprint density at radius 1 is 1.21 bits per heavy atom. The number of rotatable bonds is 6. The molecule has 202 valence electrons. The molecule has 0 spiro atoms. The molecule has 0 radical (unpaired) electrons. The number of aryl methyl sites for hydroxylation is 2. The van der Waals surface area contributed by atoms with Crippen molar-refractivity contribution in [2.45, 2.75) is 58.0 Å². The second-order valence-corrected chi connectivity index (χ2v) is 11.5. The monoisotopic (exact) mass is 522 g/mol. The SMILES string of the molecule is Cc1cc(C[C@H]2CN[C@H](C)CN2CC(=O)N2CC(C)(C)c3ncc(Cc4ccc(F)cc4F)cc32)n(C)n1. The topological polar surface area (TPSA) is 66.3 Å². The molecule has 2 atom stereocenters. The van der Waals surface area contributed by atoms with Gasteiger partial charge in [-0.05, 0) is 43.2 Å². The molecule has 4 heterocycles. The van der Waals surface area contributed by atoms with Crippen molar-refractivity contribution < 1.29 is 13.6 Å². The van der Waals surface area contributed by atoms with Crippen LogP contribution >= 0.6 is 0 Å². The van der Waals surface area contributed by atoms with Crippen molar-refractivity contribution in [3.63, 3.8) is 0 Å². The van der Waals surface area contributed by atoms with Crippen LogP contribution in [0.1, 0.15) is 49.0 Å². The minimum atomic E-state index is -0.601. The molecule has 2 aliphatic rings. The fourth-order valence-electron chi connectivity index (χ4n) is 5.76. The van der Waals surface area contributed by atoms with Gasteiger partial charge < -0.3 is 10.2 Å². The standard InChI is InChI=1S/C29H36F2N6O/c1-18-8-23(35(5)34-18)12-24-14-32-19(2)15-36(24)16-27(38)37-17-29(3,4)28-26(37)10-20(13-33-28)9-21-6-7-22(30)11-25(21)31/h6-8,10-11,13,19,24,32H,9,12,14-17H2,1-5H3/t19-,24+/m1/s1. The summed E-state index contributed by atoms with van der Waals surface area (Å²) in [5.41, 5.74) is 4.66. The van der Waals surface area contributed by atoms with Crippen LogP contribution in [-0.2, 0) is 30.1 Å². The molecule has 1 amide bonds. The smallest absolute Gasteiger partial charge is 0.241 e. The maximum atomic E-state index is 14.3. The molecule has 1 saturated heterocycles. The molecule has 0 bridgehead atoms. The van der Waals surface area contributed by atoms with E-state index < -0.39 is 11.6 Å². The van der Waals surface area contributed by atoms with Gasteiger partial charge in [-0.2, -0.15) is 5.10 Å². The normalized spacial score (nSPS) is 21.1. The molecule has 2 aliphatic heterocycles. The van der Waals surface area contributed by atoms with Crippen molar-refractivity contribution in [1.82, 2.24) is 25.0 Å². The highest BCUT2D eigenvalue weighted by Crippen LogP contribution is 2.40. The summed E-state index contributed by atoms with van der Waals surface area (Å²) in [6.45, 7) is 10.7. The lowest BCUT2D eigenvalue weighted by Crippen LogP contribution is -2.58. The lowest BCUT2D eigenvalue weighted by atomic mass is 9.91. The zero-order valence-electron chi connectivity index (χ0n) is 22.8. The van der Waals surface area contributed by atoms with Crippen LogP contribution in [0.15, 0.2) is 36.5 Å². The third-order valence-corrected chi connectivity index (χ3v) is 7.73. The minimum Gasteiger partial charge on any atom is -0.311 e. The summed E-state index contributed by atoms with van der Waals surface area (Å²) in [6, 6.07) is 8.12. The number of hydrogen-bond acceptors (Lipinski definition) is 5. The number of carbonyl (C=O) groups excluding carboxylic acids is 1. The fourth-order valence-corrected chi connectivity index (χ4v) is 5.76. The van der Waals surface area contributed by atoms with Crippen LogP contribution in [0, 0.1) is 18.6 Å². The summed E-state index contributed by atoms with van der Waals surface area (Å²) in [6.07, 6.45) is 2.82. The third-order valence-electron chi connectivity index (χ3n) is 7.73. The van der Waals surface area contributed by atoms with Crippen LogP contribution in [0.25, 0.3) is 0 Å². The quantitative estimate of drug-likeness (QED) is 0.537. The van der Waals surface area contributed by atoms with E-state index in [4.69, 9.17) is 4.98 Å². The minimum absolute atomic E-state index is 0.0315. The number of anilines is 1. The first kappa shape index (κ1) is 26.4. The van der Waals surface area contributed by atoms with Gasteiger partial charge in [0.1, 0.15) is 11.6 Å². The molecule has 1 aromatic carbocycles. The Bertz CT molecular complexity index is 1350. The van der Waals surface area contributed by atoms with Crippen molar-refractivity contribution in [3.8, 4) is 0 Å². The van der Waals surface area contributed by atoms with Gasteiger partial charge in [0.15, 0.2) is 0 Å². The molecule has 2 aromatic heterocycles. The van der Waals surface area contributed by atoms with Gasteiger partial charge >= 0.3 is 0 Å². The molecule has 3 aromatic rings. The number of fused-ring (bicyclic) bond motifs is 1. The number of benzene rings is 1. The maximum Gasteiger partial charge on any atom is 0.241 e. The highest BCUT2D eigenvalue weighted by Gasteiger charge is 2.40.